The smallest absolute Gasteiger partial charge is 0.243 e. The average molecular weight is 442 g/mol. The predicted molar refractivity (Wildman–Crippen MR) is 119 cm³/mol. The van der Waals surface area contributed by atoms with E-state index in [0.29, 0.717) is 25.9 Å². The fraction of sp³-hybridized carbons (Fsp3) is 0.348. The molecule has 1 aliphatic rings. The predicted octanol–water partition coefficient (Wildman–Crippen LogP) is 2.90. The van der Waals surface area contributed by atoms with Crippen LogP contribution in [0.1, 0.15) is 18.4 Å². The number of hydrogen-bond donors (Lipinski definition) is 1. The molecule has 1 amide bonds. The number of rotatable bonds is 6. The van der Waals surface area contributed by atoms with Gasteiger partial charge in [-0.3, -0.25) is 4.79 Å². The van der Waals surface area contributed by atoms with Gasteiger partial charge in [0.05, 0.1) is 17.9 Å². The molecule has 2 heterocycles. The molecule has 31 heavy (non-hydrogen) atoms. The minimum atomic E-state index is -3.66. The largest absolute Gasteiger partial charge is 0.497 e. The molecular formula is C23H27N3O4S. The number of benzene rings is 2. The topological polar surface area (TPSA) is 80.6 Å². The Morgan fingerprint density at radius 2 is 1.94 bits per heavy atom. The molecule has 4 rings (SSSR count). The summed E-state index contributed by atoms with van der Waals surface area (Å²) in [6, 6.07) is 14.6. The lowest BCUT2D eigenvalue weighted by Gasteiger charge is -2.31. The lowest BCUT2D eigenvalue weighted by Crippen LogP contribution is -2.45. The van der Waals surface area contributed by atoms with Gasteiger partial charge in [0, 0.05) is 43.8 Å². The third-order valence-electron chi connectivity index (χ3n) is 5.88. The standard InChI is InChI=1S/C23H27N3O4S/c1-25-13-11-18-14-21(9-10-22(18)25)31(28,29)26-12-3-4-19(16-26)23(27)24-15-17-5-7-20(30-2)8-6-17/h5-11,13-14,19H,3-4,12,15-16H2,1-2H3,(H,24,27). The maximum absolute atomic E-state index is 13.2. The van der Waals surface area contributed by atoms with E-state index in [1.165, 1.54) is 4.31 Å². The molecule has 7 nitrogen and oxygen atoms in total. The van der Waals surface area contributed by atoms with E-state index in [0.717, 1.165) is 22.2 Å². The Labute approximate surface area is 182 Å². The number of aromatic nitrogens is 1. The molecule has 2 aromatic carbocycles. The van der Waals surface area contributed by atoms with Crippen molar-refractivity contribution in [3.63, 3.8) is 0 Å². The van der Waals surface area contributed by atoms with E-state index >= 15 is 0 Å². The fourth-order valence-electron chi connectivity index (χ4n) is 4.02. The Kier molecular flexibility index (Phi) is 6.02. The Balaban J connectivity index is 1.43. The van der Waals surface area contributed by atoms with E-state index in [1.807, 2.05) is 54.2 Å². The van der Waals surface area contributed by atoms with Crippen molar-refractivity contribution in [1.82, 2.24) is 14.2 Å². The fourth-order valence-corrected chi connectivity index (χ4v) is 5.58. The molecule has 0 bridgehead atoms. The number of piperidine rings is 1. The Morgan fingerprint density at radius 3 is 2.68 bits per heavy atom. The van der Waals surface area contributed by atoms with Gasteiger partial charge in [0.2, 0.25) is 15.9 Å². The Hall–Kier alpha value is -2.84. The molecule has 1 unspecified atom stereocenters. The molecule has 0 radical (unpaired) electrons. The van der Waals surface area contributed by atoms with Crippen LogP contribution in [-0.2, 0) is 28.4 Å². The van der Waals surface area contributed by atoms with Gasteiger partial charge in [-0.15, -0.1) is 0 Å². The third-order valence-corrected chi connectivity index (χ3v) is 7.74. The van der Waals surface area contributed by atoms with Gasteiger partial charge in [0.1, 0.15) is 5.75 Å². The molecule has 0 spiro atoms. The average Bonchev–Trinajstić information content (AvgIpc) is 3.18. The Bertz CT molecular complexity index is 1190. The molecule has 1 N–H and O–H groups in total. The quantitative estimate of drug-likeness (QED) is 0.638. The van der Waals surface area contributed by atoms with E-state index in [1.54, 1.807) is 19.2 Å². The summed E-state index contributed by atoms with van der Waals surface area (Å²) in [5.41, 5.74) is 1.94. The van der Waals surface area contributed by atoms with Crippen molar-refractivity contribution >= 4 is 26.8 Å². The maximum Gasteiger partial charge on any atom is 0.243 e. The molecule has 8 heteroatoms. The monoisotopic (exact) mass is 441 g/mol. The number of nitrogens with one attached hydrogen (secondary N) is 1. The number of sulfonamides is 1. The van der Waals surface area contributed by atoms with Crippen molar-refractivity contribution in [2.45, 2.75) is 24.3 Å². The molecule has 1 aliphatic heterocycles. The first-order valence-corrected chi connectivity index (χ1v) is 11.8. The number of hydrogen-bond acceptors (Lipinski definition) is 4. The number of aryl methyl sites for hydroxylation is 1. The van der Waals surface area contributed by atoms with Crippen LogP contribution in [0.15, 0.2) is 59.6 Å². The van der Waals surface area contributed by atoms with Crippen molar-refractivity contribution < 1.29 is 17.9 Å². The molecular weight excluding hydrogens is 414 g/mol. The molecule has 0 saturated carbocycles. The highest BCUT2D eigenvalue weighted by atomic mass is 32.2. The lowest BCUT2D eigenvalue weighted by atomic mass is 9.99. The summed E-state index contributed by atoms with van der Waals surface area (Å²) in [6.45, 7) is 1.03. The van der Waals surface area contributed by atoms with Crippen LogP contribution in [0.3, 0.4) is 0 Å². The summed E-state index contributed by atoms with van der Waals surface area (Å²) < 4.78 is 35.0. The van der Waals surface area contributed by atoms with Crippen LogP contribution in [-0.4, -0.2) is 43.4 Å². The van der Waals surface area contributed by atoms with Crippen molar-refractivity contribution in [2.75, 3.05) is 20.2 Å². The number of amides is 1. The van der Waals surface area contributed by atoms with Gasteiger partial charge in [-0.05, 0) is 54.8 Å². The minimum absolute atomic E-state index is 0.116. The van der Waals surface area contributed by atoms with Gasteiger partial charge < -0.3 is 14.6 Å². The number of nitrogens with zero attached hydrogens (tertiary/aromatic N) is 2. The van der Waals surface area contributed by atoms with E-state index < -0.39 is 10.0 Å². The summed E-state index contributed by atoms with van der Waals surface area (Å²) in [4.78, 5) is 13.0. The van der Waals surface area contributed by atoms with Crippen LogP contribution < -0.4 is 10.1 Å². The first kappa shape index (κ1) is 21.4. The van der Waals surface area contributed by atoms with Crippen LogP contribution in [0.4, 0.5) is 0 Å². The van der Waals surface area contributed by atoms with Crippen LogP contribution in [0, 0.1) is 5.92 Å². The third kappa shape index (κ3) is 4.45. The normalized spacial score (nSPS) is 17.5. The van der Waals surface area contributed by atoms with Gasteiger partial charge in [0.25, 0.3) is 0 Å². The summed E-state index contributed by atoms with van der Waals surface area (Å²) in [5.74, 6) is 0.286. The number of fused-ring (bicyclic) bond motifs is 1. The zero-order valence-electron chi connectivity index (χ0n) is 17.7. The second-order valence-corrected chi connectivity index (χ2v) is 9.85. The van der Waals surface area contributed by atoms with E-state index in [9.17, 15) is 13.2 Å². The van der Waals surface area contributed by atoms with Gasteiger partial charge >= 0.3 is 0 Å². The summed E-state index contributed by atoms with van der Waals surface area (Å²) in [7, 11) is -0.120. The zero-order chi connectivity index (χ0) is 22.0. The van der Waals surface area contributed by atoms with Gasteiger partial charge in [0.15, 0.2) is 0 Å². The number of methoxy groups -OCH3 is 1. The first-order valence-electron chi connectivity index (χ1n) is 10.3. The lowest BCUT2D eigenvalue weighted by molar-refractivity contribution is -0.126. The van der Waals surface area contributed by atoms with E-state index in [-0.39, 0.29) is 23.3 Å². The van der Waals surface area contributed by atoms with Crippen molar-refractivity contribution in [2.24, 2.45) is 13.0 Å². The zero-order valence-corrected chi connectivity index (χ0v) is 18.6. The molecule has 3 aromatic rings. The summed E-state index contributed by atoms with van der Waals surface area (Å²) >= 11 is 0. The van der Waals surface area contributed by atoms with Gasteiger partial charge in [-0.25, -0.2) is 8.42 Å². The molecule has 0 aliphatic carbocycles. The Morgan fingerprint density at radius 1 is 1.16 bits per heavy atom. The SMILES string of the molecule is COc1ccc(CNC(=O)C2CCCN(S(=O)(=O)c3ccc4c(ccn4C)c3)C2)cc1. The first-order chi connectivity index (χ1) is 14.9. The van der Waals surface area contributed by atoms with Crippen molar-refractivity contribution in [1.29, 1.82) is 0 Å². The molecule has 1 aromatic heterocycles. The van der Waals surface area contributed by atoms with Crippen LogP contribution in [0.2, 0.25) is 0 Å². The van der Waals surface area contributed by atoms with E-state index in [4.69, 9.17) is 4.74 Å². The van der Waals surface area contributed by atoms with Crippen LogP contribution in [0.5, 0.6) is 5.75 Å². The number of carbonyl (C=O) groups excluding carboxylic acids is 1. The summed E-state index contributed by atoms with van der Waals surface area (Å²) in [6.07, 6.45) is 3.25. The summed E-state index contributed by atoms with van der Waals surface area (Å²) in [5, 5.41) is 3.82. The number of ether oxygens (including phenoxy) is 1. The van der Waals surface area contributed by atoms with Gasteiger partial charge in [-0.2, -0.15) is 4.31 Å². The maximum atomic E-state index is 13.2. The van der Waals surface area contributed by atoms with Crippen LogP contribution >= 0.6 is 0 Å². The molecule has 1 fully saturated rings. The van der Waals surface area contributed by atoms with E-state index in [2.05, 4.69) is 5.32 Å². The highest BCUT2D eigenvalue weighted by molar-refractivity contribution is 7.89. The molecule has 1 saturated heterocycles. The molecule has 164 valence electrons. The van der Waals surface area contributed by atoms with Crippen molar-refractivity contribution in [3.05, 3.63) is 60.3 Å². The minimum Gasteiger partial charge on any atom is -0.497 e. The number of carbonyl (C=O) groups is 1. The highest BCUT2D eigenvalue weighted by Crippen LogP contribution is 2.26. The van der Waals surface area contributed by atoms with Gasteiger partial charge in [-0.1, -0.05) is 12.1 Å². The van der Waals surface area contributed by atoms with Crippen LogP contribution in [0.25, 0.3) is 10.9 Å². The second-order valence-electron chi connectivity index (χ2n) is 7.92. The van der Waals surface area contributed by atoms with Crippen molar-refractivity contribution in [3.8, 4) is 5.75 Å². The molecule has 1 atom stereocenters. The highest BCUT2D eigenvalue weighted by Gasteiger charge is 2.33. The second kappa shape index (κ2) is 8.72.